The van der Waals surface area contributed by atoms with E-state index in [2.05, 4.69) is 20.7 Å². The zero-order chi connectivity index (χ0) is 15.2. The van der Waals surface area contributed by atoms with Gasteiger partial charge in [0.25, 0.3) is 11.6 Å². The first kappa shape index (κ1) is 14.4. The topological polar surface area (TPSA) is 115 Å². The highest BCUT2D eigenvalue weighted by Gasteiger charge is 2.16. The van der Waals surface area contributed by atoms with E-state index in [1.165, 1.54) is 31.6 Å². The monoisotopic (exact) mass is 290 g/mol. The van der Waals surface area contributed by atoms with Crippen molar-refractivity contribution in [3.05, 3.63) is 46.5 Å². The largest absolute Gasteiger partial charge is 0.378 e. The number of carbonyl (C=O) groups excluding carboxylic acids is 1. The number of anilines is 1. The van der Waals surface area contributed by atoms with Gasteiger partial charge in [0, 0.05) is 25.2 Å². The van der Waals surface area contributed by atoms with Gasteiger partial charge in [-0.2, -0.15) is 5.10 Å². The van der Waals surface area contributed by atoms with Crippen LogP contribution in [0.4, 0.5) is 11.4 Å². The molecule has 0 saturated carbocycles. The van der Waals surface area contributed by atoms with E-state index in [-0.39, 0.29) is 17.2 Å². The number of aromatic nitrogens is 3. The van der Waals surface area contributed by atoms with Crippen LogP contribution in [0.1, 0.15) is 10.4 Å². The van der Waals surface area contributed by atoms with Crippen LogP contribution >= 0.6 is 0 Å². The molecule has 110 valence electrons. The number of hydrogen-bond donors (Lipinski definition) is 2. The van der Waals surface area contributed by atoms with Crippen LogP contribution in [0.2, 0.25) is 0 Å². The maximum absolute atomic E-state index is 11.5. The van der Waals surface area contributed by atoms with Crippen molar-refractivity contribution in [1.82, 2.24) is 20.1 Å². The van der Waals surface area contributed by atoms with Gasteiger partial charge < -0.3 is 10.6 Å². The van der Waals surface area contributed by atoms with Gasteiger partial charge in [-0.25, -0.2) is 4.98 Å². The molecule has 1 aromatic carbocycles. The molecule has 0 unspecified atom stereocenters. The molecule has 0 saturated heterocycles. The Hall–Kier alpha value is -2.97. The third-order valence-corrected chi connectivity index (χ3v) is 2.81. The molecule has 0 aliphatic heterocycles. The molecule has 1 heterocycles. The number of nitrogens with one attached hydrogen (secondary N) is 2. The van der Waals surface area contributed by atoms with Crippen molar-refractivity contribution in [1.29, 1.82) is 0 Å². The average molecular weight is 290 g/mol. The predicted octanol–water partition coefficient (Wildman–Crippen LogP) is 0.658. The molecule has 0 atom stereocenters. The van der Waals surface area contributed by atoms with E-state index in [4.69, 9.17) is 0 Å². The van der Waals surface area contributed by atoms with Crippen molar-refractivity contribution in [3.63, 3.8) is 0 Å². The fraction of sp³-hybridized carbons (Fsp3) is 0.250. The molecular weight excluding hydrogens is 276 g/mol. The number of nitro groups is 1. The van der Waals surface area contributed by atoms with E-state index in [1.54, 1.807) is 11.0 Å². The molecule has 0 spiro atoms. The first-order chi connectivity index (χ1) is 10.1. The second-order valence-corrected chi connectivity index (χ2v) is 4.15. The Balaban J connectivity index is 2.11. The highest BCUT2D eigenvalue weighted by molar-refractivity contribution is 5.95. The minimum absolute atomic E-state index is 0.144. The summed E-state index contributed by atoms with van der Waals surface area (Å²) < 4.78 is 1.61. The van der Waals surface area contributed by atoms with Crippen LogP contribution in [0.25, 0.3) is 0 Å². The van der Waals surface area contributed by atoms with Crippen molar-refractivity contribution in [2.24, 2.45) is 0 Å². The molecule has 0 bridgehead atoms. The van der Waals surface area contributed by atoms with Gasteiger partial charge in [0.15, 0.2) is 0 Å². The number of rotatable bonds is 6. The summed E-state index contributed by atoms with van der Waals surface area (Å²) in [6.45, 7) is 0.970. The number of carbonyl (C=O) groups is 1. The molecule has 1 aromatic heterocycles. The van der Waals surface area contributed by atoms with E-state index in [0.717, 1.165) is 0 Å². The maximum Gasteiger partial charge on any atom is 0.293 e. The molecule has 2 aromatic rings. The second-order valence-electron chi connectivity index (χ2n) is 4.15. The van der Waals surface area contributed by atoms with E-state index >= 15 is 0 Å². The normalized spacial score (nSPS) is 10.1. The van der Waals surface area contributed by atoms with Crippen LogP contribution in [0.3, 0.4) is 0 Å². The second kappa shape index (κ2) is 6.46. The van der Waals surface area contributed by atoms with Crippen molar-refractivity contribution in [2.45, 2.75) is 6.54 Å². The van der Waals surface area contributed by atoms with Crippen LogP contribution in [-0.2, 0) is 6.54 Å². The summed E-state index contributed by atoms with van der Waals surface area (Å²) in [7, 11) is 1.47. The maximum atomic E-state index is 11.5. The zero-order valence-electron chi connectivity index (χ0n) is 11.3. The van der Waals surface area contributed by atoms with Crippen molar-refractivity contribution in [2.75, 3.05) is 18.9 Å². The number of nitro benzene ring substituents is 1. The third kappa shape index (κ3) is 3.53. The van der Waals surface area contributed by atoms with E-state index in [1.807, 2.05) is 0 Å². The summed E-state index contributed by atoms with van der Waals surface area (Å²) in [4.78, 5) is 25.9. The van der Waals surface area contributed by atoms with Gasteiger partial charge in [0.2, 0.25) is 0 Å². The molecule has 21 heavy (non-hydrogen) atoms. The summed E-state index contributed by atoms with van der Waals surface area (Å²) in [5, 5.41) is 20.4. The number of benzene rings is 1. The lowest BCUT2D eigenvalue weighted by Crippen LogP contribution is -2.18. The highest BCUT2D eigenvalue weighted by atomic mass is 16.6. The minimum Gasteiger partial charge on any atom is -0.378 e. The molecule has 0 radical (unpaired) electrons. The molecule has 0 aliphatic rings. The van der Waals surface area contributed by atoms with Crippen LogP contribution in [-0.4, -0.2) is 39.2 Å². The fourth-order valence-electron chi connectivity index (χ4n) is 1.77. The fourth-order valence-corrected chi connectivity index (χ4v) is 1.77. The third-order valence-electron chi connectivity index (χ3n) is 2.81. The lowest BCUT2D eigenvalue weighted by Gasteiger charge is -2.08. The van der Waals surface area contributed by atoms with Crippen LogP contribution < -0.4 is 10.6 Å². The Morgan fingerprint density at radius 1 is 1.48 bits per heavy atom. The van der Waals surface area contributed by atoms with Gasteiger partial charge in [-0.05, 0) is 12.1 Å². The van der Waals surface area contributed by atoms with Crippen molar-refractivity contribution in [3.8, 4) is 0 Å². The summed E-state index contributed by atoms with van der Waals surface area (Å²) in [5.74, 6) is -0.368. The minimum atomic E-state index is -0.524. The Bertz CT molecular complexity index is 640. The smallest absolute Gasteiger partial charge is 0.293 e. The molecule has 1 amide bonds. The zero-order valence-corrected chi connectivity index (χ0v) is 11.3. The highest BCUT2D eigenvalue weighted by Crippen LogP contribution is 2.25. The Morgan fingerprint density at radius 3 is 2.90 bits per heavy atom. The Labute approximate surface area is 120 Å². The van der Waals surface area contributed by atoms with Gasteiger partial charge >= 0.3 is 0 Å². The molecule has 2 N–H and O–H groups in total. The molecule has 2 rings (SSSR count). The first-order valence-electron chi connectivity index (χ1n) is 6.18. The Kier molecular flexibility index (Phi) is 4.44. The first-order valence-corrected chi connectivity index (χ1v) is 6.18. The van der Waals surface area contributed by atoms with E-state index in [9.17, 15) is 14.9 Å². The van der Waals surface area contributed by atoms with Crippen LogP contribution in [0, 0.1) is 10.1 Å². The molecule has 9 nitrogen and oxygen atoms in total. The van der Waals surface area contributed by atoms with Gasteiger partial charge in [0.1, 0.15) is 18.3 Å². The molecule has 0 aliphatic carbocycles. The van der Waals surface area contributed by atoms with Crippen LogP contribution in [0.5, 0.6) is 0 Å². The molecular formula is C12H14N6O3. The quantitative estimate of drug-likeness (QED) is 0.596. The average Bonchev–Trinajstić information content (AvgIpc) is 2.99. The molecule has 9 heteroatoms. The number of amides is 1. The number of nitrogens with zero attached hydrogens (tertiary/aromatic N) is 4. The van der Waals surface area contributed by atoms with Crippen molar-refractivity contribution < 1.29 is 9.72 Å². The summed E-state index contributed by atoms with van der Waals surface area (Å²) >= 11 is 0. The van der Waals surface area contributed by atoms with Gasteiger partial charge in [-0.15, -0.1) is 0 Å². The lowest BCUT2D eigenvalue weighted by molar-refractivity contribution is -0.384. The van der Waals surface area contributed by atoms with Crippen LogP contribution in [0.15, 0.2) is 30.9 Å². The van der Waals surface area contributed by atoms with E-state index in [0.29, 0.717) is 18.8 Å². The molecule has 0 fully saturated rings. The van der Waals surface area contributed by atoms with Crippen molar-refractivity contribution >= 4 is 17.3 Å². The number of hydrogen-bond acceptors (Lipinski definition) is 6. The summed E-state index contributed by atoms with van der Waals surface area (Å²) in [6.07, 6.45) is 2.98. The lowest BCUT2D eigenvalue weighted by atomic mass is 10.1. The SMILES string of the molecule is CNC(=O)c1ccc(NCCn2cncn2)c([N+](=O)[O-])c1. The standard InChI is InChI=1S/C12H14N6O3/c1-13-12(19)9-2-3-10(11(6-9)18(20)21)15-4-5-17-8-14-7-16-17/h2-3,6-8,15H,4-5H2,1H3,(H,13,19). The van der Waals surface area contributed by atoms with E-state index < -0.39 is 4.92 Å². The Morgan fingerprint density at radius 2 is 2.29 bits per heavy atom. The predicted molar refractivity (Wildman–Crippen MR) is 75.0 cm³/mol. The summed E-state index contributed by atoms with van der Waals surface area (Å²) in [5.41, 5.74) is 0.452. The van der Waals surface area contributed by atoms with Gasteiger partial charge in [0.05, 0.1) is 11.5 Å². The van der Waals surface area contributed by atoms with Gasteiger partial charge in [-0.1, -0.05) is 0 Å². The summed E-state index contributed by atoms with van der Waals surface area (Å²) in [6, 6.07) is 4.30. The van der Waals surface area contributed by atoms with Gasteiger partial charge in [-0.3, -0.25) is 19.6 Å².